The van der Waals surface area contributed by atoms with E-state index in [2.05, 4.69) is 10.1 Å². The van der Waals surface area contributed by atoms with Crippen molar-refractivity contribution in [1.82, 2.24) is 5.32 Å². The number of benzene rings is 1. The van der Waals surface area contributed by atoms with Crippen LogP contribution in [0.1, 0.15) is 17.3 Å². The first-order valence-corrected chi connectivity index (χ1v) is 6.73. The zero-order valence-electron chi connectivity index (χ0n) is 13.2. The fraction of sp³-hybridized carbons (Fsp3) is 0.467. The maximum absolute atomic E-state index is 11.8. The molecule has 1 aromatic rings. The molecule has 0 unspecified atom stereocenters. The summed E-state index contributed by atoms with van der Waals surface area (Å²) in [5, 5.41) is 2.68. The van der Waals surface area contributed by atoms with Gasteiger partial charge in [-0.2, -0.15) is 0 Å². The molecular formula is C15H21NO6. The first kappa shape index (κ1) is 17.8. The highest BCUT2D eigenvalue weighted by Crippen LogP contribution is 2.29. The third kappa shape index (κ3) is 4.92. The predicted octanol–water partition coefficient (Wildman–Crippen LogP) is 1.01. The zero-order valence-corrected chi connectivity index (χ0v) is 13.2. The van der Waals surface area contributed by atoms with Crippen molar-refractivity contribution >= 4 is 11.9 Å². The highest BCUT2D eigenvalue weighted by molar-refractivity contribution is 5.90. The maximum Gasteiger partial charge on any atom is 0.337 e. The standard InChI is InChI=1S/C15H21NO6/c1-10(14(17)16-7-8-19-2)22-12-6-5-11(15(18)21-4)9-13(12)20-3/h5-6,9-10H,7-8H2,1-4H3,(H,16,17)/t10-/m1/s1. The minimum absolute atomic E-state index is 0.267. The van der Waals surface area contributed by atoms with Gasteiger partial charge in [0.2, 0.25) is 0 Å². The minimum atomic E-state index is -0.713. The van der Waals surface area contributed by atoms with Crippen molar-refractivity contribution in [1.29, 1.82) is 0 Å². The van der Waals surface area contributed by atoms with Crippen LogP contribution in [0, 0.1) is 0 Å². The monoisotopic (exact) mass is 311 g/mol. The predicted molar refractivity (Wildman–Crippen MR) is 79.3 cm³/mol. The molecule has 0 radical (unpaired) electrons. The second kappa shape index (κ2) is 8.89. The largest absolute Gasteiger partial charge is 0.493 e. The molecule has 1 N–H and O–H groups in total. The molecule has 0 heterocycles. The molecular weight excluding hydrogens is 290 g/mol. The Morgan fingerprint density at radius 3 is 2.50 bits per heavy atom. The number of methoxy groups -OCH3 is 3. The van der Waals surface area contributed by atoms with E-state index in [0.29, 0.717) is 30.2 Å². The van der Waals surface area contributed by atoms with Crippen LogP contribution in [0.5, 0.6) is 11.5 Å². The van der Waals surface area contributed by atoms with E-state index in [0.717, 1.165) is 0 Å². The summed E-state index contributed by atoms with van der Waals surface area (Å²) in [6, 6.07) is 4.60. The number of rotatable bonds is 8. The third-order valence-electron chi connectivity index (χ3n) is 2.86. The normalized spacial score (nSPS) is 11.5. The number of hydrogen-bond acceptors (Lipinski definition) is 6. The molecule has 122 valence electrons. The van der Waals surface area contributed by atoms with Crippen molar-refractivity contribution in [2.45, 2.75) is 13.0 Å². The van der Waals surface area contributed by atoms with Crippen molar-refractivity contribution in [2.24, 2.45) is 0 Å². The summed E-state index contributed by atoms with van der Waals surface area (Å²) in [4.78, 5) is 23.3. The van der Waals surface area contributed by atoms with Crippen LogP contribution in [-0.2, 0) is 14.3 Å². The van der Waals surface area contributed by atoms with Crippen molar-refractivity contribution in [2.75, 3.05) is 34.5 Å². The lowest BCUT2D eigenvalue weighted by atomic mass is 10.2. The number of amides is 1. The van der Waals surface area contributed by atoms with E-state index in [-0.39, 0.29) is 5.91 Å². The molecule has 0 saturated carbocycles. The van der Waals surface area contributed by atoms with Gasteiger partial charge in [0.05, 0.1) is 26.4 Å². The van der Waals surface area contributed by atoms with Gasteiger partial charge >= 0.3 is 5.97 Å². The van der Waals surface area contributed by atoms with Crippen LogP contribution >= 0.6 is 0 Å². The van der Waals surface area contributed by atoms with Gasteiger partial charge in [-0.25, -0.2) is 4.79 Å². The molecule has 1 aromatic carbocycles. The van der Waals surface area contributed by atoms with E-state index in [1.54, 1.807) is 26.2 Å². The van der Waals surface area contributed by atoms with Crippen LogP contribution in [0.4, 0.5) is 0 Å². The lowest BCUT2D eigenvalue weighted by Gasteiger charge is -2.17. The molecule has 1 atom stereocenters. The van der Waals surface area contributed by atoms with E-state index in [9.17, 15) is 9.59 Å². The Bertz CT molecular complexity index is 517. The average molecular weight is 311 g/mol. The van der Waals surface area contributed by atoms with Crippen LogP contribution in [0.15, 0.2) is 18.2 Å². The number of nitrogens with one attached hydrogen (secondary N) is 1. The van der Waals surface area contributed by atoms with Gasteiger partial charge in [0.15, 0.2) is 17.6 Å². The molecule has 0 aliphatic rings. The Morgan fingerprint density at radius 1 is 1.18 bits per heavy atom. The van der Waals surface area contributed by atoms with Gasteiger partial charge in [-0.3, -0.25) is 4.79 Å². The van der Waals surface area contributed by atoms with Crippen LogP contribution in [0.3, 0.4) is 0 Å². The number of carbonyl (C=O) groups is 2. The van der Waals surface area contributed by atoms with Gasteiger partial charge in [0.25, 0.3) is 5.91 Å². The van der Waals surface area contributed by atoms with Crippen molar-refractivity contribution in [3.63, 3.8) is 0 Å². The van der Waals surface area contributed by atoms with Gasteiger partial charge in [-0.1, -0.05) is 0 Å². The maximum atomic E-state index is 11.8. The zero-order chi connectivity index (χ0) is 16.5. The summed E-state index contributed by atoms with van der Waals surface area (Å²) in [5.41, 5.74) is 0.337. The molecule has 0 saturated heterocycles. The van der Waals surface area contributed by atoms with Crippen LogP contribution in [0.25, 0.3) is 0 Å². The summed E-state index contributed by atoms with van der Waals surface area (Å²) in [6.45, 7) is 2.45. The summed E-state index contributed by atoms with van der Waals surface area (Å²) < 4.78 is 20.2. The Labute approximate surface area is 129 Å². The lowest BCUT2D eigenvalue weighted by Crippen LogP contribution is -2.38. The smallest absolute Gasteiger partial charge is 0.337 e. The molecule has 7 nitrogen and oxygen atoms in total. The summed E-state index contributed by atoms with van der Waals surface area (Å²) >= 11 is 0. The minimum Gasteiger partial charge on any atom is -0.493 e. The average Bonchev–Trinajstić information content (AvgIpc) is 2.54. The molecule has 1 amide bonds. The first-order valence-electron chi connectivity index (χ1n) is 6.73. The Kier molecular flexibility index (Phi) is 7.18. The molecule has 7 heteroatoms. The highest BCUT2D eigenvalue weighted by atomic mass is 16.5. The summed E-state index contributed by atoms with van der Waals surface area (Å²) in [7, 11) is 4.30. The number of hydrogen-bond donors (Lipinski definition) is 1. The van der Waals surface area contributed by atoms with Crippen LogP contribution in [0.2, 0.25) is 0 Å². The van der Waals surface area contributed by atoms with E-state index in [4.69, 9.17) is 14.2 Å². The Balaban J connectivity index is 2.75. The van der Waals surface area contributed by atoms with Gasteiger partial charge in [0.1, 0.15) is 0 Å². The molecule has 22 heavy (non-hydrogen) atoms. The fourth-order valence-corrected chi connectivity index (χ4v) is 1.67. The van der Waals surface area contributed by atoms with E-state index in [1.807, 2.05) is 0 Å². The van der Waals surface area contributed by atoms with Crippen molar-refractivity contribution in [3.8, 4) is 11.5 Å². The first-order chi connectivity index (χ1) is 10.5. The van der Waals surface area contributed by atoms with Crippen LogP contribution < -0.4 is 14.8 Å². The molecule has 0 spiro atoms. The van der Waals surface area contributed by atoms with Gasteiger partial charge in [0, 0.05) is 13.7 Å². The second-order valence-corrected chi connectivity index (χ2v) is 4.40. The van der Waals surface area contributed by atoms with Crippen LogP contribution in [-0.4, -0.2) is 52.5 Å². The fourth-order valence-electron chi connectivity index (χ4n) is 1.67. The molecule has 0 aromatic heterocycles. The molecule has 1 rings (SSSR count). The molecule has 0 aliphatic carbocycles. The Hall–Kier alpha value is -2.28. The number of carbonyl (C=O) groups excluding carboxylic acids is 2. The topological polar surface area (TPSA) is 83.1 Å². The lowest BCUT2D eigenvalue weighted by molar-refractivity contribution is -0.127. The van der Waals surface area contributed by atoms with E-state index >= 15 is 0 Å². The third-order valence-corrected chi connectivity index (χ3v) is 2.86. The van der Waals surface area contributed by atoms with Gasteiger partial charge in [-0.05, 0) is 25.1 Å². The Morgan fingerprint density at radius 2 is 1.91 bits per heavy atom. The number of ether oxygens (including phenoxy) is 4. The van der Waals surface area contributed by atoms with Gasteiger partial charge < -0.3 is 24.3 Å². The van der Waals surface area contributed by atoms with E-state index < -0.39 is 12.1 Å². The van der Waals surface area contributed by atoms with Gasteiger partial charge in [-0.15, -0.1) is 0 Å². The second-order valence-electron chi connectivity index (χ2n) is 4.40. The molecule has 0 fully saturated rings. The quantitative estimate of drug-likeness (QED) is 0.570. The molecule has 0 aliphatic heterocycles. The SMILES string of the molecule is COCCNC(=O)[C@@H](C)Oc1ccc(C(=O)OC)cc1OC. The van der Waals surface area contributed by atoms with Crippen molar-refractivity contribution < 1.29 is 28.5 Å². The number of esters is 1. The molecule has 0 bridgehead atoms. The van der Waals surface area contributed by atoms with Crippen molar-refractivity contribution in [3.05, 3.63) is 23.8 Å². The summed E-state index contributed by atoms with van der Waals surface area (Å²) in [6.07, 6.45) is -0.713. The summed E-state index contributed by atoms with van der Waals surface area (Å²) in [5.74, 6) is -0.0321. The highest BCUT2D eigenvalue weighted by Gasteiger charge is 2.18. The van der Waals surface area contributed by atoms with E-state index in [1.165, 1.54) is 20.3 Å².